The van der Waals surface area contributed by atoms with Crippen molar-refractivity contribution in [1.29, 1.82) is 0 Å². The van der Waals surface area contributed by atoms with Crippen LogP contribution in [-0.4, -0.2) is 27.7 Å². The number of halogens is 1. The number of aryl methyl sites for hydroxylation is 2. The highest BCUT2D eigenvalue weighted by Crippen LogP contribution is 2.27. The van der Waals surface area contributed by atoms with Crippen molar-refractivity contribution in [2.75, 3.05) is 6.61 Å². The van der Waals surface area contributed by atoms with Gasteiger partial charge in [0.25, 0.3) is 0 Å². The first-order valence-corrected chi connectivity index (χ1v) is 9.95. The van der Waals surface area contributed by atoms with Gasteiger partial charge in [0.05, 0.1) is 29.1 Å². The van der Waals surface area contributed by atoms with Crippen LogP contribution in [0.15, 0.2) is 60.9 Å². The smallest absolute Gasteiger partial charge is 0.340 e. The third-order valence-corrected chi connectivity index (χ3v) is 5.15. The number of ketones is 1. The molecule has 0 radical (unpaired) electrons. The summed E-state index contributed by atoms with van der Waals surface area (Å²) in [5, 5.41) is 0. The molecule has 6 heteroatoms. The molecule has 156 valence electrons. The molecule has 0 saturated carbocycles. The van der Waals surface area contributed by atoms with Crippen LogP contribution in [-0.2, 0) is 4.74 Å². The minimum Gasteiger partial charge on any atom is -0.462 e. The lowest BCUT2D eigenvalue weighted by Gasteiger charge is -2.09. The third kappa shape index (κ3) is 3.84. The van der Waals surface area contributed by atoms with E-state index in [9.17, 15) is 14.0 Å². The van der Waals surface area contributed by atoms with Crippen molar-refractivity contribution < 1.29 is 18.7 Å². The SMILES string of the molecule is CCOC(=O)c1cc(C(=O)c2ccc(F)cc2)n2cnc(-c3ccc(C)cc3C)cc12. The Hall–Kier alpha value is -3.80. The van der Waals surface area contributed by atoms with Crippen molar-refractivity contribution >= 4 is 17.3 Å². The van der Waals surface area contributed by atoms with E-state index in [4.69, 9.17) is 4.74 Å². The van der Waals surface area contributed by atoms with Crippen molar-refractivity contribution in [3.63, 3.8) is 0 Å². The average Bonchev–Trinajstić information content (AvgIpc) is 3.13. The van der Waals surface area contributed by atoms with Gasteiger partial charge in [-0.3, -0.25) is 9.20 Å². The van der Waals surface area contributed by atoms with E-state index in [1.54, 1.807) is 17.4 Å². The Kier molecular flexibility index (Phi) is 5.38. The quantitative estimate of drug-likeness (QED) is 0.333. The zero-order chi connectivity index (χ0) is 22.1. The summed E-state index contributed by atoms with van der Waals surface area (Å²) in [7, 11) is 0. The fourth-order valence-electron chi connectivity index (χ4n) is 3.64. The molecule has 2 aromatic heterocycles. The Morgan fingerprint density at radius 3 is 2.45 bits per heavy atom. The van der Waals surface area contributed by atoms with E-state index < -0.39 is 11.8 Å². The van der Waals surface area contributed by atoms with Crippen LogP contribution >= 0.6 is 0 Å². The van der Waals surface area contributed by atoms with Crippen LogP contribution in [0.4, 0.5) is 4.39 Å². The third-order valence-electron chi connectivity index (χ3n) is 5.15. The predicted molar refractivity (Wildman–Crippen MR) is 116 cm³/mol. The van der Waals surface area contributed by atoms with Crippen LogP contribution in [0.5, 0.6) is 0 Å². The van der Waals surface area contributed by atoms with Crippen LogP contribution in [0.1, 0.15) is 44.5 Å². The van der Waals surface area contributed by atoms with E-state index >= 15 is 0 Å². The molecule has 4 aromatic rings. The number of aromatic nitrogens is 2. The van der Waals surface area contributed by atoms with Gasteiger partial charge in [0.1, 0.15) is 12.1 Å². The lowest BCUT2D eigenvalue weighted by molar-refractivity contribution is 0.0529. The van der Waals surface area contributed by atoms with Gasteiger partial charge in [0, 0.05) is 11.1 Å². The zero-order valence-electron chi connectivity index (χ0n) is 17.5. The number of fused-ring (bicyclic) bond motifs is 1. The number of nitrogens with zero attached hydrogens (tertiary/aromatic N) is 2. The molecule has 5 nitrogen and oxygen atoms in total. The summed E-state index contributed by atoms with van der Waals surface area (Å²) in [6.07, 6.45) is 1.53. The minimum absolute atomic E-state index is 0.215. The average molecular weight is 416 g/mol. The van der Waals surface area contributed by atoms with Crippen LogP contribution < -0.4 is 0 Å². The Bertz CT molecular complexity index is 1310. The highest BCUT2D eigenvalue weighted by Gasteiger charge is 2.22. The van der Waals surface area contributed by atoms with Gasteiger partial charge in [-0.1, -0.05) is 23.8 Å². The first-order chi connectivity index (χ1) is 14.9. The number of ether oxygens (including phenoxy) is 1. The highest BCUT2D eigenvalue weighted by atomic mass is 19.1. The van der Waals surface area contributed by atoms with Crippen molar-refractivity contribution in [3.8, 4) is 11.3 Å². The molecule has 0 aliphatic carbocycles. The van der Waals surface area contributed by atoms with Gasteiger partial charge in [-0.2, -0.15) is 0 Å². The van der Waals surface area contributed by atoms with Crippen LogP contribution in [0, 0.1) is 19.7 Å². The molecule has 2 heterocycles. The molecule has 0 aliphatic rings. The van der Waals surface area contributed by atoms with E-state index in [1.807, 2.05) is 26.0 Å². The second kappa shape index (κ2) is 8.14. The van der Waals surface area contributed by atoms with E-state index in [2.05, 4.69) is 11.1 Å². The molecule has 0 unspecified atom stereocenters. The van der Waals surface area contributed by atoms with E-state index in [0.29, 0.717) is 16.8 Å². The molecule has 0 atom stereocenters. The molecule has 2 aromatic carbocycles. The van der Waals surface area contributed by atoms with Gasteiger partial charge in [-0.05, 0) is 62.7 Å². The molecule has 0 bridgehead atoms. The van der Waals surface area contributed by atoms with Gasteiger partial charge in [0.15, 0.2) is 0 Å². The number of carbonyl (C=O) groups excluding carboxylic acids is 2. The number of hydrogen-bond donors (Lipinski definition) is 0. The number of esters is 1. The largest absolute Gasteiger partial charge is 0.462 e. The molecule has 0 N–H and O–H groups in total. The topological polar surface area (TPSA) is 60.7 Å². The van der Waals surface area contributed by atoms with Crippen molar-refractivity contribution in [1.82, 2.24) is 9.38 Å². The molecule has 0 amide bonds. The molecule has 31 heavy (non-hydrogen) atoms. The monoisotopic (exact) mass is 416 g/mol. The Labute approximate surface area is 179 Å². The van der Waals surface area contributed by atoms with Crippen molar-refractivity contribution in [3.05, 3.63) is 94.7 Å². The maximum atomic E-state index is 13.3. The molecule has 0 aliphatic heterocycles. The van der Waals surface area contributed by atoms with Crippen LogP contribution in [0.2, 0.25) is 0 Å². The summed E-state index contributed by atoms with van der Waals surface area (Å²) >= 11 is 0. The fraction of sp³-hybridized carbons (Fsp3) is 0.160. The molecule has 4 rings (SSSR count). The molecule has 0 fully saturated rings. The van der Waals surface area contributed by atoms with Gasteiger partial charge < -0.3 is 4.74 Å². The molecular formula is C25H21FN2O3. The van der Waals surface area contributed by atoms with E-state index in [-0.39, 0.29) is 23.6 Å². The van der Waals surface area contributed by atoms with Crippen molar-refractivity contribution in [2.45, 2.75) is 20.8 Å². The summed E-state index contributed by atoms with van der Waals surface area (Å²) in [5.41, 5.74) is 5.20. The van der Waals surface area contributed by atoms with Gasteiger partial charge in [-0.15, -0.1) is 0 Å². The summed E-state index contributed by atoms with van der Waals surface area (Å²) in [4.78, 5) is 30.2. The van der Waals surface area contributed by atoms with Gasteiger partial charge in [-0.25, -0.2) is 14.2 Å². The predicted octanol–water partition coefficient (Wildman–Crippen LogP) is 5.16. The van der Waals surface area contributed by atoms with Crippen molar-refractivity contribution in [2.24, 2.45) is 0 Å². The Balaban J connectivity index is 1.89. The molecular weight excluding hydrogens is 395 g/mol. The second-order valence-electron chi connectivity index (χ2n) is 7.35. The van der Waals surface area contributed by atoms with Gasteiger partial charge in [0.2, 0.25) is 5.78 Å². The number of carbonyl (C=O) groups is 2. The van der Waals surface area contributed by atoms with E-state index in [1.165, 1.54) is 36.7 Å². The fourth-order valence-corrected chi connectivity index (χ4v) is 3.64. The lowest BCUT2D eigenvalue weighted by atomic mass is 10.0. The van der Waals surface area contributed by atoms with Gasteiger partial charge >= 0.3 is 5.97 Å². The van der Waals surface area contributed by atoms with E-state index in [0.717, 1.165) is 16.7 Å². The first kappa shape index (κ1) is 20.5. The maximum Gasteiger partial charge on any atom is 0.340 e. The molecule has 0 spiro atoms. The number of benzene rings is 2. The number of hydrogen-bond acceptors (Lipinski definition) is 4. The lowest BCUT2D eigenvalue weighted by Crippen LogP contribution is -2.06. The summed E-state index contributed by atoms with van der Waals surface area (Å²) in [6.45, 7) is 5.96. The molecule has 0 saturated heterocycles. The first-order valence-electron chi connectivity index (χ1n) is 9.95. The second-order valence-corrected chi connectivity index (χ2v) is 7.35. The summed E-state index contributed by atoms with van der Waals surface area (Å²) < 4.78 is 20.1. The normalized spacial score (nSPS) is 11.0. The summed E-state index contributed by atoms with van der Waals surface area (Å²) in [6, 6.07) is 14.6. The number of rotatable bonds is 5. The Morgan fingerprint density at radius 1 is 1.03 bits per heavy atom. The summed E-state index contributed by atoms with van der Waals surface area (Å²) in [5.74, 6) is -1.29. The minimum atomic E-state index is -0.518. The zero-order valence-corrected chi connectivity index (χ0v) is 17.5. The standard InChI is InChI=1S/C25H21FN2O3/c1-4-31-25(30)20-12-23(24(29)17-6-8-18(26)9-7-17)28-14-27-21(13-22(20)28)19-10-5-15(2)11-16(19)3/h5-14H,4H2,1-3H3. The Morgan fingerprint density at radius 2 is 1.77 bits per heavy atom. The van der Waals surface area contributed by atoms with Crippen LogP contribution in [0.3, 0.4) is 0 Å². The van der Waals surface area contributed by atoms with Crippen LogP contribution in [0.25, 0.3) is 16.8 Å². The maximum absolute atomic E-state index is 13.3. The highest BCUT2D eigenvalue weighted by molar-refractivity contribution is 6.11.